The molecule has 0 spiro atoms. The molecule has 23 heavy (non-hydrogen) atoms. The summed E-state index contributed by atoms with van der Waals surface area (Å²) in [4.78, 5) is 10.9. The Morgan fingerprint density at radius 2 is 2.13 bits per heavy atom. The minimum atomic E-state index is -0.715. The Balaban J connectivity index is 2.24. The van der Waals surface area contributed by atoms with Gasteiger partial charge in [-0.3, -0.25) is 4.79 Å². The van der Waals surface area contributed by atoms with E-state index in [4.69, 9.17) is 5.11 Å². The Bertz CT molecular complexity index is 521. The topological polar surface area (TPSA) is 57.5 Å². The maximum Gasteiger partial charge on any atom is 0.303 e. The quantitative estimate of drug-likeness (QED) is 0.672. The van der Waals surface area contributed by atoms with Gasteiger partial charge in [0, 0.05) is 12.8 Å². The Morgan fingerprint density at radius 3 is 2.74 bits per heavy atom. The van der Waals surface area contributed by atoms with Gasteiger partial charge in [-0.15, -0.1) is 0 Å². The third-order valence-corrected chi connectivity index (χ3v) is 6.88. The molecule has 3 heteroatoms. The maximum atomic E-state index is 10.9. The van der Waals surface area contributed by atoms with Gasteiger partial charge >= 0.3 is 5.97 Å². The third kappa shape index (κ3) is 3.34. The molecule has 1 fully saturated rings. The maximum absolute atomic E-state index is 10.9. The molecule has 0 aliphatic heterocycles. The van der Waals surface area contributed by atoms with Crippen molar-refractivity contribution >= 4 is 5.97 Å². The van der Waals surface area contributed by atoms with E-state index in [1.165, 1.54) is 6.42 Å². The highest BCUT2D eigenvalue weighted by atomic mass is 16.4. The second-order valence-electron chi connectivity index (χ2n) is 8.52. The van der Waals surface area contributed by atoms with E-state index in [0.717, 1.165) is 24.8 Å². The van der Waals surface area contributed by atoms with E-state index in [2.05, 4.69) is 33.4 Å². The van der Waals surface area contributed by atoms with Crippen LogP contribution >= 0.6 is 0 Å². The molecule has 2 rings (SSSR count). The lowest BCUT2D eigenvalue weighted by Crippen LogP contribution is -2.49. The molecule has 0 saturated heterocycles. The second-order valence-corrected chi connectivity index (χ2v) is 8.52. The highest BCUT2D eigenvalue weighted by Crippen LogP contribution is 2.61. The highest BCUT2D eigenvalue weighted by Gasteiger charge is 2.53. The number of carboxylic acid groups (broad SMARTS) is 1. The molecular weight excluding hydrogens is 288 g/mol. The van der Waals surface area contributed by atoms with Crippen LogP contribution in [0.5, 0.6) is 0 Å². The van der Waals surface area contributed by atoms with Crippen LogP contribution < -0.4 is 0 Å². The van der Waals surface area contributed by atoms with Crippen LogP contribution in [0, 0.1) is 28.6 Å². The minimum absolute atomic E-state index is 0.0591. The van der Waals surface area contributed by atoms with Crippen LogP contribution in [0.15, 0.2) is 24.0 Å². The lowest BCUT2D eigenvalue weighted by atomic mass is 9.47. The lowest BCUT2D eigenvalue weighted by molar-refractivity contribution is -0.138. The van der Waals surface area contributed by atoms with Crippen molar-refractivity contribution in [2.24, 2.45) is 28.6 Å². The zero-order chi connectivity index (χ0) is 17.4. The molecular formula is C20H32O3. The monoisotopic (exact) mass is 320 g/mol. The van der Waals surface area contributed by atoms with Crippen molar-refractivity contribution in [2.45, 2.75) is 66.2 Å². The van der Waals surface area contributed by atoms with Gasteiger partial charge < -0.3 is 10.2 Å². The van der Waals surface area contributed by atoms with Crippen LogP contribution in [0.25, 0.3) is 0 Å². The van der Waals surface area contributed by atoms with E-state index in [9.17, 15) is 9.90 Å². The number of aliphatic hydroxyl groups excluding tert-OH is 1. The average molecular weight is 320 g/mol. The van der Waals surface area contributed by atoms with Gasteiger partial charge in [-0.05, 0) is 60.3 Å². The fourth-order valence-corrected chi connectivity index (χ4v) is 4.84. The molecule has 2 N–H and O–H groups in total. The van der Waals surface area contributed by atoms with Gasteiger partial charge in [-0.25, -0.2) is 0 Å². The first-order chi connectivity index (χ1) is 10.6. The van der Waals surface area contributed by atoms with E-state index in [1.54, 1.807) is 0 Å². The molecule has 3 nitrogen and oxygen atoms in total. The molecule has 0 bridgehead atoms. The minimum Gasteiger partial charge on any atom is -0.512 e. The van der Waals surface area contributed by atoms with Crippen LogP contribution in [0.2, 0.25) is 0 Å². The summed E-state index contributed by atoms with van der Waals surface area (Å²) in [5.74, 6) is 0.780. The normalized spacial score (nSPS) is 38.6. The zero-order valence-corrected chi connectivity index (χ0v) is 15.1. The second kappa shape index (κ2) is 6.33. The van der Waals surface area contributed by atoms with Gasteiger partial charge in [0.15, 0.2) is 0 Å². The first-order valence-corrected chi connectivity index (χ1v) is 8.89. The van der Waals surface area contributed by atoms with E-state index < -0.39 is 5.97 Å². The van der Waals surface area contributed by atoms with Crippen LogP contribution in [0.1, 0.15) is 66.2 Å². The lowest BCUT2D eigenvalue weighted by Gasteiger charge is -2.57. The summed E-state index contributed by atoms with van der Waals surface area (Å²) in [6.07, 6.45) is 7.13. The predicted octanol–water partition coefficient (Wildman–Crippen LogP) is 5.34. The molecule has 0 heterocycles. The number of aliphatic carboxylic acids is 1. The Labute approximate surface area is 140 Å². The fraction of sp³-hybridized carbons (Fsp3) is 0.750. The first kappa shape index (κ1) is 18.1. The fourth-order valence-electron chi connectivity index (χ4n) is 4.84. The van der Waals surface area contributed by atoms with Crippen molar-refractivity contribution < 1.29 is 15.0 Å². The van der Waals surface area contributed by atoms with Crippen molar-refractivity contribution in [2.75, 3.05) is 0 Å². The molecule has 1 unspecified atom stereocenters. The van der Waals surface area contributed by atoms with E-state index >= 15 is 0 Å². The Kier molecular flexibility index (Phi) is 4.98. The summed E-state index contributed by atoms with van der Waals surface area (Å²) in [7, 11) is 0. The summed E-state index contributed by atoms with van der Waals surface area (Å²) >= 11 is 0. The molecule has 0 aromatic heterocycles. The number of hydrogen-bond acceptors (Lipinski definition) is 2. The number of allylic oxidation sites excluding steroid dienone is 2. The van der Waals surface area contributed by atoms with Crippen molar-refractivity contribution in [3.63, 3.8) is 0 Å². The van der Waals surface area contributed by atoms with Gasteiger partial charge in [-0.2, -0.15) is 0 Å². The molecule has 1 saturated carbocycles. The van der Waals surface area contributed by atoms with Gasteiger partial charge in [0.1, 0.15) is 0 Å². The van der Waals surface area contributed by atoms with E-state index in [1.807, 2.05) is 6.92 Å². The van der Waals surface area contributed by atoms with Crippen LogP contribution in [0.3, 0.4) is 0 Å². The van der Waals surface area contributed by atoms with Crippen LogP contribution in [-0.4, -0.2) is 16.2 Å². The number of fused-ring (bicyclic) bond motifs is 1. The summed E-state index contributed by atoms with van der Waals surface area (Å²) in [6.45, 7) is 13.2. The predicted molar refractivity (Wildman–Crippen MR) is 93.2 cm³/mol. The van der Waals surface area contributed by atoms with Crippen molar-refractivity contribution in [1.82, 2.24) is 0 Å². The number of hydrogen-bond donors (Lipinski definition) is 2. The SMILES string of the molecule is C=C1CC(O)=C[C@@H]2[C@@](C)(CCC(C)CC(=O)O)[C@H](C)CC[C@]12C. The van der Waals surface area contributed by atoms with Gasteiger partial charge in [0.05, 0.1) is 5.76 Å². The van der Waals surface area contributed by atoms with Gasteiger partial charge in [0.2, 0.25) is 0 Å². The summed E-state index contributed by atoms with van der Waals surface area (Å²) in [5.41, 5.74) is 1.29. The van der Waals surface area contributed by atoms with Crippen LogP contribution in [-0.2, 0) is 4.79 Å². The Hall–Kier alpha value is -1.25. The molecule has 0 amide bonds. The first-order valence-electron chi connectivity index (χ1n) is 8.89. The molecule has 2 aliphatic carbocycles. The standard InChI is InChI=1S/C20H32O3/c1-13(10-18(22)23)6-8-19(4)14(2)7-9-20(5)15(3)11-16(21)12-17(19)20/h12-14,17,21H,3,6-11H2,1-2,4-5H3,(H,22,23)/t13?,14-,17-,19+,20-/m1/s1. The molecule has 2 aliphatic rings. The largest absolute Gasteiger partial charge is 0.512 e. The summed E-state index contributed by atoms with van der Waals surface area (Å²) in [6, 6.07) is 0. The highest BCUT2D eigenvalue weighted by molar-refractivity contribution is 5.66. The number of carbonyl (C=O) groups is 1. The Morgan fingerprint density at radius 1 is 1.48 bits per heavy atom. The van der Waals surface area contributed by atoms with Gasteiger partial charge in [0.25, 0.3) is 0 Å². The summed E-state index contributed by atoms with van der Waals surface area (Å²) in [5, 5.41) is 19.2. The van der Waals surface area contributed by atoms with Crippen molar-refractivity contribution in [1.29, 1.82) is 0 Å². The van der Waals surface area contributed by atoms with E-state index in [-0.39, 0.29) is 29.1 Å². The molecule has 0 aromatic rings. The van der Waals surface area contributed by atoms with Gasteiger partial charge in [-0.1, -0.05) is 39.8 Å². The zero-order valence-electron chi connectivity index (χ0n) is 15.1. The molecule has 5 atom stereocenters. The van der Waals surface area contributed by atoms with Crippen molar-refractivity contribution in [3.8, 4) is 0 Å². The molecule has 0 aromatic carbocycles. The van der Waals surface area contributed by atoms with Crippen molar-refractivity contribution in [3.05, 3.63) is 24.0 Å². The number of carboxylic acids is 1. The van der Waals surface area contributed by atoms with Crippen LogP contribution in [0.4, 0.5) is 0 Å². The average Bonchev–Trinajstić information content (AvgIpc) is 2.44. The molecule has 130 valence electrons. The summed E-state index contributed by atoms with van der Waals surface area (Å²) < 4.78 is 0. The third-order valence-electron chi connectivity index (χ3n) is 6.88. The number of rotatable bonds is 5. The van der Waals surface area contributed by atoms with E-state index in [0.29, 0.717) is 18.1 Å². The smallest absolute Gasteiger partial charge is 0.303 e. The molecule has 0 radical (unpaired) electrons. The number of aliphatic hydroxyl groups is 1.